The van der Waals surface area contributed by atoms with Crippen LogP contribution in [0, 0.1) is 0 Å². The Kier molecular flexibility index (Phi) is 6.87. The lowest BCUT2D eigenvalue weighted by Gasteiger charge is -2.13. The minimum absolute atomic E-state index is 0.145. The van der Waals surface area contributed by atoms with E-state index in [1.807, 2.05) is 36.4 Å². The van der Waals surface area contributed by atoms with E-state index < -0.39 is 5.91 Å². The molecule has 1 aliphatic rings. The Labute approximate surface area is 175 Å². The molecular formula is C23H24N2O5. The van der Waals surface area contributed by atoms with Crippen LogP contribution in [-0.2, 0) is 9.59 Å². The zero-order valence-corrected chi connectivity index (χ0v) is 16.8. The Bertz CT molecular complexity index is 976. The Morgan fingerprint density at radius 3 is 2.27 bits per heavy atom. The molecule has 7 heteroatoms. The van der Waals surface area contributed by atoms with E-state index in [4.69, 9.17) is 14.7 Å². The summed E-state index contributed by atoms with van der Waals surface area (Å²) in [6.45, 7) is 0. The molecule has 1 saturated carbocycles. The third-order valence-electron chi connectivity index (χ3n) is 4.64. The molecule has 2 aromatic rings. The Balaban J connectivity index is 1.92. The van der Waals surface area contributed by atoms with Gasteiger partial charge < -0.3 is 14.8 Å². The van der Waals surface area contributed by atoms with Gasteiger partial charge in [0, 0.05) is 17.7 Å². The van der Waals surface area contributed by atoms with Crippen molar-refractivity contribution in [3.63, 3.8) is 0 Å². The van der Waals surface area contributed by atoms with Crippen molar-refractivity contribution in [3.8, 4) is 11.5 Å². The van der Waals surface area contributed by atoms with Crippen LogP contribution in [0.1, 0.15) is 29.5 Å². The summed E-state index contributed by atoms with van der Waals surface area (Å²) in [4.78, 5) is 24.0. The van der Waals surface area contributed by atoms with E-state index >= 15 is 0 Å². The highest BCUT2D eigenvalue weighted by molar-refractivity contribution is 6.24. The van der Waals surface area contributed by atoms with Gasteiger partial charge in [-0.1, -0.05) is 30.3 Å². The van der Waals surface area contributed by atoms with E-state index in [0.29, 0.717) is 17.1 Å². The fourth-order valence-corrected chi connectivity index (χ4v) is 2.85. The van der Waals surface area contributed by atoms with Gasteiger partial charge in [0.05, 0.1) is 14.2 Å². The first-order valence-corrected chi connectivity index (χ1v) is 9.51. The summed E-state index contributed by atoms with van der Waals surface area (Å²) in [6, 6.07) is 12.9. The van der Waals surface area contributed by atoms with Gasteiger partial charge in [-0.2, -0.15) is 0 Å². The van der Waals surface area contributed by atoms with Gasteiger partial charge in [0.2, 0.25) is 0 Å². The predicted molar refractivity (Wildman–Crippen MR) is 114 cm³/mol. The number of amides is 2. The summed E-state index contributed by atoms with van der Waals surface area (Å²) >= 11 is 0. The molecule has 0 unspecified atom stereocenters. The van der Waals surface area contributed by atoms with Crippen molar-refractivity contribution in [3.05, 3.63) is 65.2 Å². The molecule has 0 radical (unpaired) electrons. The number of hydrogen-bond donors (Lipinski definition) is 3. The zero-order chi connectivity index (χ0) is 21.5. The summed E-state index contributed by atoms with van der Waals surface area (Å²) in [5.74, 6) is 0.383. The molecular weight excluding hydrogens is 384 g/mol. The molecule has 1 aliphatic carbocycles. The number of ether oxygens (including phenoxy) is 2. The summed E-state index contributed by atoms with van der Waals surface area (Å²) in [6.07, 6.45) is 6.60. The number of carbonyl (C=O) groups is 2. The summed E-state index contributed by atoms with van der Waals surface area (Å²) < 4.78 is 10.7. The van der Waals surface area contributed by atoms with E-state index in [9.17, 15) is 9.59 Å². The highest BCUT2D eigenvalue weighted by Crippen LogP contribution is 2.32. The van der Waals surface area contributed by atoms with Crippen LogP contribution < -0.4 is 20.3 Å². The Morgan fingerprint density at radius 2 is 1.67 bits per heavy atom. The number of methoxy groups -OCH3 is 2. The number of nitrogens with one attached hydrogen (secondary N) is 2. The number of carbonyl (C=O) groups excluding carboxylic acids is 2. The van der Waals surface area contributed by atoms with E-state index in [2.05, 4.69) is 5.32 Å². The number of benzene rings is 2. The third kappa shape index (κ3) is 5.48. The fraction of sp³-hybridized carbons (Fsp3) is 0.217. The minimum atomic E-state index is -0.605. The van der Waals surface area contributed by atoms with Crippen molar-refractivity contribution < 1.29 is 24.3 Å². The van der Waals surface area contributed by atoms with Gasteiger partial charge in [-0.3, -0.25) is 14.8 Å². The number of rotatable bonds is 8. The van der Waals surface area contributed by atoms with E-state index in [1.54, 1.807) is 37.9 Å². The Hall–Kier alpha value is -3.58. The first-order valence-electron chi connectivity index (χ1n) is 9.51. The van der Waals surface area contributed by atoms with Crippen LogP contribution >= 0.6 is 0 Å². The SMILES string of the molecule is COc1ccc(C(=Cc2ccc(C=CC(=O)NO)cc2)C(=O)NC2CC2)cc1OC. The quantitative estimate of drug-likeness (QED) is 0.270. The zero-order valence-electron chi connectivity index (χ0n) is 16.8. The van der Waals surface area contributed by atoms with E-state index in [1.165, 1.54) is 6.08 Å². The van der Waals surface area contributed by atoms with Crippen LogP contribution in [0.15, 0.2) is 48.5 Å². The second kappa shape index (κ2) is 9.76. The lowest BCUT2D eigenvalue weighted by atomic mass is 10.0. The topological polar surface area (TPSA) is 96.9 Å². The third-order valence-corrected chi connectivity index (χ3v) is 4.64. The smallest absolute Gasteiger partial charge is 0.267 e. The van der Waals surface area contributed by atoms with Crippen LogP contribution in [0.5, 0.6) is 11.5 Å². The Morgan fingerprint density at radius 1 is 1.00 bits per heavy atom. The molecule has 0 atom stereocenters. The maximum atomic E-state index is 12.9. The second-order valence-electron chi connectivity index (χ2n) is 6.85. The molecule has 2 aromatic carbocycles. The van der Waals surface area contributed by atoms with Crippen LogP contribution in [0.3, 0.4) is 0 Å². The molecule has 30 heavy (non-hydrogen) atoms. The summed E-state index contributed by atoms with van der Waals surface area (Å²) in [5, 5.41) is 11.6. The average molecular weight is 408 g/mol. The average Bonchev–Trinajstić information content (AvgIpc) is 3.59. The van der Waals surface area contributed by atoms with Gasteiger partial charge in [0.15, 0.2) is 11.5 Å². The molecule has 156 valence electrons. The normalized spacial score (nSPS) is 13.8. The number of hydrogen-bond acceptors (Lipinski definition) is 5. The monoisotopic (exact) mass is 408 g/mol. The molecule has 0 heterocycles. The van der Waals surface area contributed by atoms with Gasteiger partial charge in [-0.15, -0.1) is 0 Å². The van der Waals surface area contributed by atoms with Crippen molar-refractivity contribution >= 4 is 29.5 Å². The highest BCUT2D eigenvalue weighted by Gasteiger charge is 2.25. The maximum Gasteiger partial charge on any atom is 0.267 e. The lowest BCUT2D eigenvalue weighted by Crippen LogP contribution is -2.26. The molecule has 3 rings (SSSR count). The second-order valence-corrected chi connectivity index (χ2v) is 6.85. The fourth-order valence-electron chi connectivity index (χ4n) is 2.85. The largest absolute Gasteiger partial charge is 0.493 e. The first kappa shape index (κ1) is 21.1. The molecule has 7 nitrogen and oxygen atoms in total. The van der Waals surface area contributed by atoms with Crippen LogP contribution in [0.4, 0.5) is 0 Å². The van der Waals surface area contributed by atoms with Crippen LogP contribution in [-0.4, -0.2) is 37.3 Å². The van der Waals surface area contributed by atoms with Crippen molar-refractivity contribution in [2.24, 2.45) is 0 Å². The molecule has 0 bridgehead atoms. The molecule has 0 aromatic heterocycles. The minimum Gasteiger partial charge on any atom is -0.493 e. The van der Waals surface area contributed by atoms with E-state index in [-0.39, 0.29) is 11.9 Å². The van der Waals surface area contributed by atoms with Crippen LogP contribution in [0.25, 0.3) is 17.7 Å². The van der Waals surface area contributed by atoms with Crippen molar-refractivity contribution in [1.29, 1.82) is 0 Å². The van der Waals surface area contributed by atoms with Crippen molar-refractivity contribution in [2.45, 2.75) is 18.9 Å². The molecule has 3 N–H and O–H groups in total. The molecule has 0 aliphatic heterocycles. The maximum absolute atomic E-state index is 12.9. The number of hydroxylamine groups is 1. The van der Waals surface area contributed by atoms with E-state index in [0.717, 1.165) is 29.5 Å². The molecule has 0 spiro atoms. The summed E-state index contributed by atoms with van der Waals surface area (Å²) in [5.41, 5.74) is 4.39. The predicted octanol–water partition coefficient (Wildman–Crippen LogP) is 3.04. The molecule has 0 saturated heterocycles. The van der Waals surface area contributed by atoms with Gasteiger partial charge in [-0.05, 0) is 53.8 Å². The summed E-state index contributed by atoms with van der Waals surface area (Å²) in [7, 11) is 3.12. The van der Waals surface area contributed by atoms with Gasteiger partial charge in [-0.25, -0.2) is 5.48 Å². The standard InChI is InChI=1S/C23H24N2O5/c1-29-20-11-8-17(14-21(20)30-2)19(23(27)24-18-9-10-18)13-16-5-3-15(4-6-16)7-12-22(26)25-28/h3-8,11-14,18,28H,9-10H2,1-2H3,(H,24,27)(H,25,26). The van der Waals surface area contributed by atoms with Crippen molar-refractivity contribution in [1.82, 2.24) is 10.8 Å². The van der Waals surface area contributed by atoms with Crippen LogP contribution in [0.2, 0.25) is 0 Å². The van der Waals surface area contributed by atoms with Gasteiger partial charge >= 0.3 is 0 Å². The van der Waals surface area contributed by atoms with Gasteiger partial charge in [0.1, 0.15) is 0 Å². The first-order chi connectivity index (χ1) is 14.5. The molecule has 1 fully saturated rings. The van der Waals surface area contributed by atoms with Gasteiger partial charge in [0.25, 0.3) is 11.8 Å². The van der Waals surface area contributed by atoms with Crippen molar-refractivity contribution in [2.75, 3.05) is 14.2 Å². The lowest BCUT2D eigenvalue weighted by molar-refractivity contribution is -0.124. The highest BCUT2D eigenvalue weighted by atomic mass is 16.5. The molecule has 2 amide bonds.